The number of hydrogen-bond acceptors (Lipinski definition) is 5. The average molecular weight is 461 g/mol. The number of rotatable bonds is 5. The molecule has 0 radical (unpaired) electrons. The van der Waals surface area contributed by atoms with Crippen LogP contribution in [-0.2, 0) is 17.7 Å². The summed E-state index contributed by atoms with van der Waals surface area (Å²) in [6.07, 6.45) is 1.62. The number of anilines is 1. The summed E-state index contributed by atoms with van der Waals surface area (Å²) in [5.41, 5.74) is 1.80. The second kappa shape index (κ2) is 10.1. The number of halogens is 1. The molecule has 8 nitrogen and oxygen atoms in total. The minimum atomic E-state index is -0.552. The molecule has 1 aromatic carbocycles. The molecule has 3 amide bonds. The van der Waals surface area contributed by atoms with Crippen LogP contribution < -0.4 is 15.4 Å². The molecule has 0 aliphatic carbocycles. The standard InChI is InChI=1S/C23H29ClN4O4/c1-15(31-20-8-6-5-7-18(20)24)12-26-21(29)27-17-11-16-14-28(10-9-19(16)25-13-17)22(30)32-23(2,3)4/h5-8,11,13,15H,9-10,12,14H2,1-4H3,(H2,26,27,29). The number of amides is 3. The van der Waals surface area contributed by atoms with Crippen LogP contribution in [0.4, 0.5) is 15.3 Å². The summed E-state index contributed by atoms with van der Waals surface area (Å²) in [4.78, 5) is 30.8. The van der Waals surface area contributed by atoms with Crippen molar-refractivity contribution in [3.8, 4) is 5.75 Å². The summed E-state index contributed by atoms with van der Waals surface area (Å²) in [6.45, 7) is 8.59. The zero-order chi connectivity index (χ0) is 23.3. The lowest BCUT2D eigenvalue weighted by atomic mass is 10.1. The Bertz CT molecular complexity index is 977. The van der Waals surface area contributed by atoms with Crippen LogP contribution in [0.2, 0.25) is 5.02 Å². The molecule has 0 bridgehead atoms. The van der Waals surface area contributed by atoms with E-state index in [1.165, 1.54) is 0 Å². The fraction of sp³-hybridized carbons (Fsp3) is 0.435. The largest absolute Gasteiger partial charge is 0.487 e. The Kier molecular flexibility index (Phi) is 7.45. The monoisotopic (exact) mass is 460 g/mol. The predicted molar refractivity (Wildman–Crippen MR) is 123 cm³/mol. The van der Waals surface area contributed by atoms with Gasteiger partial charge in [0, 0.05) is 18.7 Å². The first-order valence-corrected chi connectivity index (χ1v) is 10.9. The summed E-state index contributed by atoms with van der Waals surface area (Å²) in [7, 11) is 0. The normalized spacial score (nSPS) is 14.2. The van der Waals surface area contributed by atoms with Gasteiger partial charge in [0.15, 0.2) is 0 Å². The van der Waals surface area contributed by atoms with Gasteiger partial charge in [-0.25, -0.2) is 9.59 Å². The molecule has 2 aromatic rings. The molecular formula is C23H29ClN4O4. The third kappa shape index (κ3) is 6.75. The number of pyridine rings is 1. The second-order valence-electron chi connectivity index (χ2n) is 8.68. The number of urea groups is 1. The molecule has 0 saturated heterocycles. The highest BCUT2D eigenvalue weighted by Gasteiger charge is 2.26. The molecule has 2 N–H and O–H groups in total. The van der Waals surface area contributed by atoms with Crippen molar-refractivity contribution in [1.82, 2.24) is 15.2 Å². The van der Waals surface area contributed by atoms with E-state index in [-0.39, 0.29) is 18.2 Å². The Labute approximate surface area is 193 Å². The fourth-order valence-corrected chi connectivity index (χ4v) is 3.37. The highest BCUT2D eigenvalue weighted by Crippen LogP contribution is 2.24. The maximum atomic E-state index is 12.4. The predicted octanol–water partition coefficient (Wildman–Crippen LogP) is 4.62. The van der Waals surface area contributed by atoms with Gasteiger partial charge in [-0.3, -0.25) is 4.98 Å². The summed E-state index contributed by atoms with van der Waals surface area (Å²) >= 11 is 6.09. The van der Waals surface area contributed by atoms with Crippen molar-refractivity contribution in [1.29, 1.82) is 0 Å². The van der Waals surface area contributed by atoms with Crippen molar-refractivity contribution in [2.75, 3.05) is 18.4 Å². The molecule has 1 aromatic heterocycles. The van der Waals surface area contributed by atoms with Crippen molar-refractivity contribution >= 4 is 29.4 Å². The average Bonchev–Trinajstić information content (AvgIpc) is 2.72. The van der Waals surface area contributed by atoms with Crippen LogP contribution >= 0.6 is 11.6 Å². The first-order chi connectivity index (χ1) is 15.1. The Morgan fingerprint density at radius 1 is 1.28 bits per heavy atom. The van der Waals surface area contributed by atoms with E-state index < -0.39 is 5.60 Å². The van der Waals surface area contributed by atoms with Gasteiger partial charge in [-0.15, -0.1) is 0 Å². The molecule has 0 fully saturated rings. The van der Waals surface area contributed by atoms with E-state index in [9.17, 15) is 9.59 Å². The number of nitrogens with one attached hydrogen (secondary N) is 2. The van der Waals surface area contributed by atoms with E-state index in [1.54, 1.807) is 23.2 Å². The van der Waals surface area contributed by atoms with Gasteiger partial charge in [-0.05, 0) is 51.5 Å². The van der Waals surface area contributed by atoms with Crippen LogP contribution in [-0.4, -0.2) is 46.8 Å². The van der Waals surface area contributed by atoms with E-state index in [4.69, 9.17) is 21.1 Å². The maximum absolute atomic E-state index is 12.4. The Morgan fingerprint density at radius 2 is 2.03 bits per heavy atom. The molecule has 0 spiro atoms. The third-order valence-electron chi connectivity index (χ3n) is 4.66. The zero-order valence-corrected chi connectivity index (χ0v) is 19.5. The lowest BCUT2D eigenvalue weighted by molar-refractivity contribution is 0.0222. The van der Waals surface area contributed by atoms with Crippen LogP contribution in [0, 0.1) is 0 Å². The number of para-hydroxylation sites is 1. The number of carbonyl (C=O) groups is 2. The van der Waals surface area contributed by atoms with E-state index >= 15 is 0 Å². The highest BCUT2D eigenvalue weighted by molar-refractivity contribution is 6.32. The summed E-state index contributed by atoms with van der Waals surface area (Å²) in [5.74, 6) is 0.567. The highest BCUT2D eigenvalue weighted by atomic mass is 35.5. The number of benzene rings is 1. The Hall–Kier alpha value is -3.00. The number of carbonyl (C=O) groups excluding carboxylic acids is 2. The van der Waals surface area contributed by atoms with Gasteiger partial charge in [-0.2, -0.15) is 0 Å². The van der Waals surface area contributed by atoms with Crippen LogP contribution in [0.25, 0.3) is 0 Å². The van der Waals surface area contributed by atoms with Crippen molar-refractivity contribution in [3.05, 3.63) is 52.8 Å². The number of hydrogen-bond donors (Lipinski definition) is 2. The van der Waals surface area contributed by atoms with E-state index in [1.807, 2.05) is 45.9 Å². The molecule has 3 rings (SSSR count). The van der Waals surface area contributed by atoms with Gasteiger partial charge in [0.05, 0.1) is 30.0 Å². The Balaban J connectivity index is 1.52. The van der Waals surface area contributed by atoms with Crippen LogP contribution in [0.3, 0.4) is 0 Å². The van der Waals surface area contributed by atoms with E-state index in [0.29, 0.717) is 42.5 Å². The minimum Gasteiger partial charge on any atom is -0.487 e. The van der Waals surface area contributed by atoms with E-state index in [0.717, 1.165) is 11.3 Å². The summed E-state index contributed by atoms with van der Waals surface area (Å²) < 4.78 is 11.2. The Morgan fingerprint density at radius 3 is 2.75 bits per heavy atom. The van der Waals surface area contributed by atoms with Crippen molar-refractivity contribution in [3.63, 3.8) is 0 Å². The number of fused-ring (bicyclic) bond motifs is 1. The second-order valence-corrected chi connectivity index (χ2v) is 9.08. The third-order valence-corrected chi connectivity index (χ3v) is 4.98. The lowest BCUT2D eigenvalue weighted by Gasteiger charge is -2.31. The molecule has 9 heteroatoms. The maximum Gasteiger partial charge on any atom is 0.410 e. The summed E-state index contributed by atoms with van der Waals surface area (Å²) in [6, 6.07) is 8.64. The van der Waals surface area contributed by atoms with Gasteiger partial charge in [-0.1, -0.05) is 23.7 Å². The van der Waals surface area contributed by atoms with Gasteiger partial charge in [0.1, 0.15) is 17.5 Å². The molecule has 32 heavy (non-hydrogen) atoms. The van der Waals surface area contributed by atoms with Gasteiger partial charge >= 0.3 is 12.1 Å². The van der Waals surface area contributed by atoms with E-state index in [2.05, 4.69) is 15.6 Å². The number of ether oxygens (including phenoxy) is 2. The van der Waals surface area contributed by atoms with Gasteiger partial charge in [0.2, 0.25) is 0 Å². The summed E-state index contributed by atoms with van der Waals surface area (Å²) in [5, 5.41) is 6.07. The van der Waals surface area contributed by atoms with Crippen LogP contribution in [0.1, 0.15) is 39.0 Å². The first kappa shape index (κ1) is 23.7. The fourth-order valence-electron chi connectivity index (χ4n) is 3.19. The molecule has 1 aliphatic heterocycles. The molecule has 1 aliphatic rings. The molecule has 2 heterocycles. The van der Waals surface area contributed by atoms with Crippen LogP contribution in [0.15, 0.2) is 36.5 Å². The zero-order valence-electron chi connectivity index (χ0n) is 18.8. The molecule has 172 valence electrons. The van der Waals surface area contributed by atoms with Crippen molar-refractivity contribution < 1.29 is 19.1 Å². The minimum absolute atomic E-state index is 0.273. The smallest absolute Gasteiger partial charge is 0.410 e. The van der Waals surface area contributed by atoms with Crippen molar-refractivity contribution in [2.45, 2.75) is 52.4 Å². The molecule has 1 atom stereocenters. The van der Waals surface area contributed by atoms with Crippen LogP contribution in [0.5, 0.6) is 5.75 Å². The quantitative estimate of drug-likeness (QED) is 0.679. The SMILES string of the molecule is CC(CNC(=O)Nc1cnc2c(c1)CN(C(=O)OC(C)(C)C)CC2)Oc1ccccc1Cl. The number of aromatic nitrogens is 1. The number of nitrogens with zero attached hydrogens (tertiary/aromatic N) is 2. The molecular weight excluding hydrogens is 432 g/mol. The molecule has 0 saturated carbocycles. The topological polar surface area (TPSA) is 92.8 Å². The van der Waals surface area contributed by atoms with Crippen molar-refractivity contribution in [2.24, 2.45) is 0 Å². The van der Waals surface area contributed by atoms with Gasteiger partial charge < -0.3 is 25.0 Å². The molecule has 1 unspecified atom stereocenters. The van der Waals surface area contributed by atoms with Gasteiger partial charge in [0.25, 0.3) is 0 Å². The first-order valence-electron chi connectivity index (χ1n) is 10.5. The lowest BCUT2D eigenvalue weighted by Crippen LogP contribution is -2.40.